The Kier molecular flexibility index (Phi) is 6.12. The number of aryl methyl sites for hydroxylation is 1. The molecule has 1 saturated heterocycles. The van der Waals surface area contributed by atoms with E-state index in [-0.39, 0.29) is 12.0 Å². The fourth-order valence-corrected chi connectivity index (χ4v) is 2.84. The molecule has 1 atom stereocenters. The van der Waals surface area contributed by atoms with Crippen LogP contribution < -0.4 is 0 Å². The van der Waals surface area contributed by atoms with Crippen molar-refractivity contribution in [3.8, 4) is 0 Å². The molecule has 0 bridgehead atoms. The van der Waals surface area contributed by atoms with E-state index >= 15 is 0 Å². The highest BCUT2D eigenvalue weighted by Crippen LogP contribution is 2.26. The first-order valence-electron chi connectivity index (χ1n) is 8.06. The van der Waals surface area contributed by atoms with Crippen LogP contribution in [0.25, 0.3) is 0 Å². The Bertz CT molecular complexity index is 492. The summed E-state index contributed by atoms with van der Waals surface area (Å²) in [6, 6.07) is 0. The molecule has 0 aromatic carbocycles. The lowest BCUT2D eigenvalue weighted by Crippen LogP contribution is -2.43. The number of carbonyl (C=O) groups excluding carboxylic acids is 1. The van der Waals surface area contributed by atoms with Gasteiger partial charge in [-0.3, -0.25) is 4.79 Å². The number of hydrogen-bond acceptors (Lipinski definition) is 4. The minimum Gasteiger partial charge on any atom is -0.368 e. The maximum absolute atomic E-state index is 12.4. The second-order valence-electron chi connectivity index (χ2n) is 5.67. The minimum atomic E-state index is -0.379. The first-order valence-corrected chi connectivity index (χ1v) is 8.06. The van der Waals surface area contributed by atoms with Crippen molar-refractivity contribution in [1.82, 2.24) is 19.7 Å². The Morgan fingerprint density at radius 3 is 2.91 bits per heavy atom. The third kappa shape index (κ3) is 3.94. The van der Waals surface area contributed by atoms with Crippen molar-refractivity contribution in [3.05, 3.63) is 24.8 Å². The standard InChI is InChI=1S/C16H26N4O2/c1-4-6-11-22-13(3)16(21)20-9-7-14(8-10-20)15-18-17-12-19(15)5-2/h4,12-14H,1,5-11H2,2-3H3/t13-/m1/s1. The lowest BCUT2D eigenvalue weighted by Gasteiger charge is -2.33. The number of likely N-dealkylation sites (tertiary alicyclic amines) is 1. The average molecular weight is 306 g/mol. The van der Waals surface area contributed by atoms with Gasteiger partial charge in [0.1, 0.15) is 18.3 Å². The first kappa shape index (κ1) is 16.7. The number of rotatable bonds is 7. The SMILES string of the molecule is C=CCCO[C@H](C)C(=O)N1CCC(c2nncn2CC)CC1. The maximum atomic E-state index is 12.4. The van der Waals surface area contributed by atoms with Gasteiger partial charge in [-0.25, -0.2) is 0 Å². The molecule has 22 heavy (non-hydrogen) atoms. The number of aromatic nitrogens is 3. The largest absolute Gasteiger partial charge is 0.368 e. The molecule has 6 nitrogen and oxygen atoms in total. The summed E-state index contributed by atoms with van der Waals surface area (Å²) in [5, 5.41) is 8.24. The molecule has 1 aromatic heterocycles. The zero-order valence-corrected chi connectivity index (χ0v) is 13.6. The second-order valence-corrected chi connectivity index (χ2v) is 5.67. The average Bonchev–Trinajstić information content (AvgIpc) is 3.03. The molecule has 1 fully saturated rings. The Hall–Kier alpha value is -1.69. The van der Waals surface area contributed by atoms with Gasteiger partial charge in [-0.1, -0.05) is 6.08 Å². The van der Waals surface area contributed by atoms with Gasteiger partial charge in [-0.15, -0.1) is 16.8 Å². The van der Waals surface area contributed by atoms with Crippen LogP contribution in [0.2, 0.25) is 0 Å². The zero-order valence-electron chi connectivity index (χ0n) is 13.6. The Balaban J connectivity index is 1.83. The van der Waals surface area contributed by atoms with Crippen LogP contribution in [0.5, 0.6) is 0 Å². The molecule has 0 N–H and O–H groups in total. The third-order valence-electron chi connectivity index (χ3n) is 4.20. The van der Waals surface area contributed by atoms with E-state index in [2.05, 4.69) is 28.3 Å². The van der Waals surface area contributed by atoms with E-state index in [1.165, 1.54) is 0 Å². The predicted molar refractivity (Wildman–Crippen MR) is 84.5 cm³/mol. The molecular formula is C16H26N4O2. The molecule has 0 spiro atoms. The van der Waals surface area contributed by atoms with E-state index in [9.17, 15) is 4.79 Å². The lowest BCUT2D eigenvalue weighted by molar-refractivity contribution is -0.143. The van der Waals surface area contributed by atoms with Crippen LogP contribution in [0.3, 0.4) is 0 Å². The smallest absolute Gasteiger partial charge is 0.251 e. The van der Waals surface area contributed by atoms with Gasteiger partial charge in [0.25, 0.3) is 5.91 Å². The van der Waals surface area contributed by atoms with Crippen molar-refractivity contribution in [3.63, 3.8) is 0 Å². The molecule has 0 radical (unpaired) electrons. The number of nitrogens with zero attached hydrogens (tertiary/aromatic N) is 4. The molecule has 1 amide bonds. The van der Waals surface area contributed by atoms with E-state index in [1.54, 1.807) is 12.4 Å². The Labute approximate surface area is 132 Å². The predicted octanol–water partition coefficient (Wildman–Crippen LogP) is 1.99. The second kappa shape index (κ2) is 8.08. The zero-order chi connectivity index (χ0) is 15.9. The number of piperidine rings is 1. The summed E-state index contributed by atoms with van der Waals surface area (Å²) in [5.41, 5.74) is 0. The maximum Gasteiger partial charge on any atom is 0.251 e. The summed E-state index contributed by atoms with van der Waals surface area (Å²) < 4.78 is 7.63. The van der Waals surface area contributed by atoms with Crippen LogP contribution >= 0.6 is 0 Å². The molecular weight excluding hydrogens is 280 g/mol. The first-order chi connectivity index (χ1) is 10.7. The summed E-state index contributed by atoms with van der Waals surface area (Å²) in [7, 11) is 0. The third-order valence-corrected chi connectivity index (χ3v) is 4.20. The number of hydrogen-bond donors (Lipinski definition) is 0. The molecule has 2 rings (SSSR count). The van der Waals surface area contributed by atoms with Crippen molar-refractivity contribution in [2.24, 2.45) is 0 Å². The minimum absolute atomic E-state index is 0.0828. The van der Waals surface area contributed by atoms with Crippen LogP contribution in [-0.4, -0.2) is 51.4 Å². The topological polar surface area (TPSA) is 60.2 Å². The molecule has 6 heteroatoms. The number of carbonyl (C=O) groups is 1. The summed E-state index contributed by atoms with van der Waals surface area (Å²) in [6.07, 6.45) is 5.84. The van der Waals surface area contributed by atoms with Crippen LogP contribution in [-0.2, 0) is 16.1 Å². The Morgan fingerprint density at radius 2 is 2.27 bits per heavy atom. The molecule has 1 aromatic rings. The van der Waals surface area contributed by atoms with Gasteiger partial charge in [0, 0.05) is 25.6 Å². The highest BCUT2D eigenvalue weighted by Gasteiger charge is 2.28. The summed E-state index contributed by atoms with van der Waals surface area (Å²) >= 11 is 0. The van der Waals surface area contributed by atoms with E-state index in [4.69, 9.17) is 4.74 Å². The van der Waals surface area contributed by atoms with Gasteiger partial charge in [0.05, 0.1) is 6.61 Å². The van der Waals surface area contributed by atoms with Crippen LogP contribution in [0.4, 0.5) is 0 Å². The van der Waals surface area contributed by atoms with Crippen molar-refractivity contribution in [2.75, 3.05) is 19.7 Å². The molecule has 1 aliphatic heterocycles. The van der Waals surface area contributed by atoms with Crippen LogP contribution in [0, 0.1) is 0 Å². The number of amides is 1. The molecule has 0 saturated carbocycles. The van der Waals surface area contributed by atoms with Crippen LogP contribution in [0.15, 0.2) is 19.0 Å². The molecule has 122 valence electrons. The fourth-order valence-electron chi connectivity index (χ4n) is 2.84. The van der Waals surface area contributed by atoms with Crippen molar-refractivity contribution < 1.29 is 9.53 Å². The monoisotopic (exact) mass is 306 g/mol. The van der Waals surface area contributed by atoms with E-state index in [0.717, 1.165) is 44.7 Å². The van der Waals surface area contributed by atoms with Gasteiger partial charge < -0.3 is 14.2 Å². The van der Waals surface area contributed by atoms with Gasteiger partial charge in [0.15, 0.2) is 0 Å². The number of ether oxygens (including phenoxy) is 1. The molecule has 0 aliphatic carbocycles. The van der Waals surface area contributed by atoms with Gasteiger partial charge >= 0.3 is 0 Å². The summed E-state index contributed by atoms with van der Waals surface area (Å²) in [6.45, 7) is 10.5. The fraction of sp³-hybridized carbons (Fsp3) is 0.688. The van der Waals surface area contributed by atoms with Crippen molar-refractivity contribution >= 4 is 5.91 Å². The highest BCUT2D eigenvalue weighted by atomic mass is 16.5. The summed E-state index contributed by atoms with van der Waals surface area (Å²) in [5.74, 6) is 1.52. The molecule has 2 heterocycles. The van der Waals surface area contributed by atoms with E-state index in [0.29, 0.717) is 12.5 Å². The molecule has 0 unspecified atom stereocenters. The lowest BCUT2D eigenvalue weighted by atomic mass is 9.95. The van der Waals surface area contributed by atoms with Crippen LogP contribution in [0.1, 0.15) is 44.9 Å². The van der Waals surface area contributed by atoms with Gasteiger partial charge in [-0.2, -0.15) is 0 Å². The quantitative estimate of drug-likeness (QED) is 0.571. The normalized spacial score (nSPS) is 17.5. The van der Waals surface area contributed by atoms with E-state index < -0.39 is 0 Å². The van der Waals surface area contributed by atoms with Crippen molar-refractivity contribution in [2.45, 2.75) is 51.7 Å². The van der Waals surface area contributed by atoms with E-state index in [1.807, 2.05) is 11.8 Å². The van der Waals surface area contributed by atoms with Gasteiger partial charge in [0.2, 0.25) is 0 Å². The highest BCUT2D eigenvalue weighted by molar-refractivity contribution is 5.80. The van der Waals surface area contributed by atoms with Crippen molar-refractivity contribution in [1.29, 1.82) is 0 Å². The van der Waals surface area contributed by atoms with Gasteiger partial charge in [-0.05, 0) is 33.1 Å². The Morgan fingerprint density at radius 1 is 1.55 bits per heavy atom. The summed E-state index contributed by atoms with van der Waals surface area (Å²) in [4.78, 5) is 14.3. The molecule has 1 aliphatic rings.